The van der Waals surface area contributed by atoms with E-state index < -0.39 is 0 Å². The van der Waals surface area contributed by atoms with Crippen molar-refractivity contribution in [3.8, 4) is 5.69 Å². The molecule has 124 valence electrons. The molecule has 5 nitrogen and oxygen atoms in total. The molecule has 0 spiro atoms. The summed E-state index contributed by atoms with van der Waals surface area (Å²) in [5, 5.41) is 7.53. The summed E-state index contributed by atoms with van der Waals surface area (Å²) in [6.45, 7) is 11.4. The Balaban J connectivity index is 2.10. The number of amides is 2. The standard InChI is InChI=1S/C18H26N4O/c1-6-21(7-2)18(23)19-15(5)16-8-10-17(11-9-16)22-14(4)12-13(3)20-22/h8-12,15H,6-7H2,1-5H3,(H,19,23)/t15-/m0/s1. The van der Waals surface area contributed by atoms with Gasteiger partial charge in [-0.05, 0) is 58.4 Å². The van der Waals surface area contributed by atoms with Gasteiger partial charge in [-0.2, -0.15) is 5.10 Å². The fourth-order valence-corrected chi connectivity index (χ4v) is 2.67. The van der Waals surface area contributed by atoms with E-state index in [0.29, 0.717) is 13.1 Å². The quantitative estimate of drug-likeness (QED) is 0.916. The number of hydrogen-bond acceptors (Lipinski definition) is 2. The molecular formula is C18H26N4O. The second kappa shape index (κ2) is 7.31. The zero-order chi connectivity index (χ0) is 17.0. The zero-order valence-electron chi connectivity index (χ0n) is 14.6. The summed E-state index contributed by atoms with van der Waals surface area (Å²) in [5.74, 6) is 0. The number of rotatable bonds is 5. The topological polar surface area (TPSA) is 50.2 Å². The van der Waals surface area contributed by atoms with E-state index >= 15 is 0 Å². The van der Waals surface area contributed by atoms with Gasteiger partial charge in [0, 0.05) is 18.8 Å². The molecule has 0 fully saturated rings. The number of hydrogen-bond donors (Lipinski definition) is 1. The van der Waals surface area contributed by atoms with Gasteiger partial charge in [0.2, 0.25) is 0 Å². The van der Waals surface area contributed by atoms with Gasteiger partial charge in [-0.25, -0.2) is 9.48 Å². The summed E-state index contributed by atoms with van der Waals surface area (Å²) < 4.78 is 1.93. The van der Waals surface area contributed by atoms with Crippen molar-refractivity contribution in [1.82, 2.24) is 20.0 Å². The van der Waals surface area contributed by atoms with Crippen LogP contribution < -0.4 is 5.32 Å². The van der Waals surface area contributed by atoms with Crippen molar-refractivity contribution < 1.29 is 4.79 Å². The van der Waals surface area contributed by atoms with Gasteiger partial charge in [-0.1, -0.05) is 12.1 Å². The van der Waals surface area contributed by atoms with Crippen molar-refractivity contribution in [3.05, 3.63) is 47.3 Å². The third-order valence-electron chi connectivity index (χ3n) is 4.04. The van der Waals surface area contributed by atoms with Crippen LogP contribution in [0.3, 0.4) is 0 Å². The average Bonchev–Trinajstić information content (AvgIpc) is 2.87. The first kappa shape index (κ1) is 17.1. The Labute approximate surface area is 138 Å². The molecule has 0 unspecified atom stereocenters. The number of aromatic nitrogens is 2. The minimum Gasteiger partial charge on any atom is -0.331 e. The molecule has 0 saturated carbocycles. The van der Waals surface area contributed by atoms with E-state index in [-0.39, 0.29) is 12.1 Å². The molecule has 2 amide bonds. The van der Waals surface area contributed by atoms with Gasteiger partial charge in [0.25, 0.3) is 0 Å². The van der Waals surface area contributed by atoms with Crippen LogP contribution in [0, 0.1) is 13.8 Å². The number of carbonyl (C=O) groups is 1. The second-order valence-electron chi connectivity index (χ2n) is 5.77. The molecule has 2 aromatic rings. The van der Waals surface area contributed by atoms with Crippen LogP contribution in [-0.2, 0) is 0 Å². The fourth-order valence-electron chi connectivity index (χ4n) is 2.67. The van der Waals surface area contributed by atoms with Crippen LogP contribution in [0.25, 0.3) is 5.69 Å². The van der Waals surface area contributed by atoms with E-state index in [1.807, 2.05) is 63.6 Å². The number of urea groups is 1. The number of aryl methyl sites for hydroxylation is 2. The third-order valence-corrected chi connectivity index (χ3v) is 4.04. The average molecular weight is 314 g/mol. The third kappa shape index (κ3) is 3.92. The lowest BCUT2D eigenvalue weighted by atomic mass is 10.1. The van der Waals surface area contributed by atoms with Crippen molar-refractivity contribution in [2.45, 2.75) is 40.7 Å². The fraction of sp³-hybridized carbons (Fsp3) is 0.444. The highest BCUT2D eigenvalue weighted by Gasteiger charge is 2.14. The smallest absolute Gasteiger partial charge is 0.317 e. The minimum absolute atomic E-state index is 0.0230. The molecule has 1 aromatic heterocycles. The lowest BCUT2D eigenvalue weighted by molar-refractivity contribution is 0.200. The van der Waals surface area contributed by atoms with Crippen LogP contribution in [0.5, 0.6) is 0 Å². The predicted octanol–water partition coefficient (Wildman–Crippen LogP) is 3.60. The van der Waals surface area contributed by atoms with E-state index in [1.165, 1.54) is 0 Å². The van der Waals surface area contributed by atoms with Crippen molar-refractivity contribution >= 4 is 6.03 Å². The molecule has 23 heavy (non-hydrogen) atoms. The monoisotopic (exact) mass is 314 g/mol. The summed E-state index contributed by atoms with van der Waals surface area (Å²) in [5.41, 5.74) is 4.22. The van der Waals surface area contributed by atoms with Crippen LogP contribution in [0.1, 0.15) is 43.8 Å². The Morgan fingerprint density at radius 2 is 1.83 bits per heavy atom. The summed E-state index contributed by atoms with van der Waals surface area (Å²) in [4.78, 5) is 13.9. The van der Waals surface area contributed by atoms with Crippen molar-refractivity contribution in [1.29, 1.82) is 0 Å². The molecule has 0 aliphatic rings. The Morgan fingerprint density at radius 3 is 2.30 bits per heavy atom. The van der Waals surface area contributed by atoms with Crippen molar-refractivity contribution in [2.24, 2.45) is 0 Å². The maximum Gasteiger partial charge on any atom is 0.317 e. The van der Waals surface area contributed by atoms with Crippen LogP contribution in [0.2, 0.25) is 0 Å². The predicted molar refractivity (Wildman–Crippen MR) is 92.9 cm³/mol. The van der Waals surface area contributed by atoms with Crippen LogP contribution in [-0.4, -0.2) is 33.8 Å². The zero-order valence-corrected chi connectivity index (χ0v) is 14.6. The van der Waals surface area contributed by atoms with Gasteiger partial charge in [-0.15, -0.1) is 0 Å². The number of nitrogens with one attached hydrogen (secondary N) is 1. The molecular weight excluding hydrogens is 288 g/mol. The van der Waals surface area contributed by atoms with Gasteiger partial charge >= 0.3 is 6.03 Å². The largest absolute Gasteiger partial charge is 0.331 e. The maximum absolute atomic E-state index is 12.1. The molecule has 0 aliphatic carbocycles. The van der Waals surface area contributed by atoms with Gasteiger partial charge in [-0.3, -0.25) is 0 Å². The molecule has 1 atom stereocenters. The van der Waals surface area contributed by atoms with Gasteiger partial charge in [0.15, 0.2) is 0 Å². The van der Waals surface area contributed by atoms with Crippen molar-refractivity contribution in [2.75, 3.05) is 13.1 Å². The molecule has 0 bridgehead atoms. The lowest BCUT2D eigenvalue weighted by Crippen LogP contribution is -2.40. The summed E-state index contributed by atoms with van der Waals surface area (Å²) in [6, 6.07) is 10.2. The Morgan fingerprint density at radius 1 is 1.22 bits per heavy atom. The molecule has 2 rings (SSSR count). The van der Waals surface area contributed by atoms with E-state index in [9.17, 15) is 4.79 Å². The highest BCUT2D eigenvalue weighted by molar-refractivity contribution is 5.74. The first-order valence-electron chi connectivity index (χ1n) is 8.15. The maximum atomic E-state index is 12.1. The van der Waals surface area contributed by atoms with E-state index in [1.54, 1.807) is 4.90 Å². The SMILES string of the molecule is CCN(CC)C(=O)N[C@@H](C)c1ccc(-n2nc(C)cc2C)cc1. The molecule has 0 radical (unpaired) electrons. The first-order chi connectivity index (χ1) is 11.0. The van der Waals surface area contributed by atoms with Gasteiger partial charge < -0.3 is 10.2 Å². The molecule has 5 heteroatoms. The summed E-state index contributed by atoms with van der Waals surface area (Å²) >= 11 is 0. The second-order valence-corrected chi connectivity index (χ2v) is 5.77. The van der Waals surface area contributed by atoms with E-state index in [0.717, 1.165) is 22.6 Å². The summed E-state index contributed by atoms with van der Waals surface area (Å²) in [6.07, 6.45) is 0. The van der Waals surface area contributed by atoms with Crippen LogP contribution >= 0.6 is 0 Å². The normalized spacial score (nSPS) is 12.0. The Kier molecular flexibility index (Phi) is 5.42. The molecule has 0 aliphatic heterocycles. The first-order valence-corrected chi connectivity index (χ1v) is 8.15. The van der Waals surface area contributed by atoms with Crippen LogP contribution in [0.4, 0.5) is 4.79 Å². The molecule has 1 heterocycles. The number of benzene rings is 1. The van der Waals surface area contributed by atoms with Crippen molar-refractivity contribution in [3.63, 3.8) is 0 Å². The lowest BCUT2D eigenvalue weighted by Gasteiger charge is -2.23. The molecule has 1 N–H and O–H groups in total. The highest BCUT2D eigenvalue weighted by atomic mass is 16.2. The highest BCUT2D eigenvalue weighted by Crippen LogP contribution is 2.17. The Bertz CT molecular complexity index is 656. The molecule has 1 aromatic carbocycles. The number of carbonyl (C=O) groups excluding carboxylic acids is 1. The van der Waals surface area contributed by atoms with Crippen LogP contribution in [0.15, 0.2) is 30.3 Å². The Hall–Kier alpha value is -2.30. The van der Waals surface area contributed by atoms with E-state index in [4.69, 9.17) is 0 Å². The van der Waals surface area contributed by atoms with Gasteiger partial charge in [0.1, 0.15) is 0 Å². The van der Waals surface area contributed by atoms with Gasteiger partial charge in [0.05, 0.1) is 17.4 Å². The van der Waals surface area contributed by atoms with E-state index in [2.05, 4.69) is 16.5 Å². The minimum atomic E-state index is -0.0300. The molecule has 0 saturated heterocycles. The summed E-state index contributed by atoms with van der Waals surface area (Å²) in [7, 11) is 0. The number of nitrogens with zero attached hydrogens (tertiary/aromatic N) is 3.